The number of carboxylic acid groups (broad SMARTS) is 1. The summed E-state index contributed by atoms with van der Waals surface area (Å²) in [6.07, 6.45) is 6.35. The van der Waals surface area contributed by atoms with Crippen molar-refractivity contribution in [1.82, 2.24) is 0 Å². The van der Waals surface area contributed by atoms with Crippen molar-refractivity contribution < 1.29 is 18.3 Å². The topological polar surface area (TPSA) is 71.4 Å². The Morgan fingerprint density at radius 2 is 1.90 bits per heavy atom. The van der Waals surface area contributed by atoms with Crippen LogP contribution in [0.3, 0.4) is 0 Å². The van der Waals surface area contributed by atoms with Crippen molar-refractivity contribution in [3.8, 4) is 0 Å². The first-order valence-electron chi connectivity index (χ1n) is 7.82. The average Bonchev–Trinajstić information content (AvgIpc) is 2.39. The van der Waals surface area contributed by atoms with Crippen LogP contribution in [0.4, 0.5) is 0 Å². The summed E-state index contributed by atoms with van der Waals surface area (Å²) in [5.41, 5.74) is 0. The van der Waals surface area contributed by atoms with Gasteiger partial charge in [-0.05, 0) is 43.9 Å². The van der Waals surface area contributed by atoms with E-state index in [4.69, 9.17) is 0 Å². The van der Waals surface area contributed by atoms with E-state index in [2.05, 4.69) is 6.92 Å². The van der Waals surface area contributed by atoms with Gasteiger partial charge in [-0.2, -0.15) is 0 Å². The second kappa shape index (κ2) is 8.01. The van der Waals surface area contributed by atoms with Gasteiger partial charge in [-0.25, -0.2) is 8.42 Å². The standard InChI is InChI=1S/C15H28O4S/c1-3-6-12-8-9-14(15(16)17)13(11-12)7-5-10-20(18,19)4-2/h12-14H,3-11H2,1-2H3,(H,16,17). The van der Waals surface area contributed by atoms with Crippen molar-refractivity contribution in [2.24, 2.45) is 17.8 Å². The Bertz CT molecular complexity index is 402. The maximum absolute atomic E-state index is 11.5. The van der Waals surface area contributed by atoms with Gasteiger partial charge in [-0.3, -0.25) is 4.79 Å². The van der Waals surface area contributed by atoms with Crippen LogP contribution in [0, 0.1) is 17.8 Å². The number of hydrogen-bond donors (Lipinski definition) is 1. The van der Waals surface area contributed by atoms with Gasteiger partial charge >= 0.3 is 5.97 Å². The highest BCUT2D eigenvalue weighted by Crippen LogP contribution is 2.38. The molecule has 5 heteroatoms. The van der Waals surface area contributed by atoms with Crippen LogP contribution in [0.15, 0.2) is 0 Å². The van der Waals surface area contributed by atoms with Crippen LogP contribution in [0.1, 0.15) is 58.8 Å². The summed E-state index contributed by atoms with van der Waals surface area (Å²) < 4.78 is 23.0. The van der Waals surface area contributed by atoms with Crippen molar-refractivity contribution >= 4 is 15.8 Å². The van der Waals surface area contributed by atoms with Gasteiger partial charge in [0.15, 0.2) is 0 Å². The molecular weight excluding hydrogens is 276 g/mol. The molecule has 0 radical (unpaired) electrons. The van der Waals surface area contributed by atoms with Crippen LogP contribution in [-0.2, 0) is 14.6 Å². The fourth-order valence-corrected chi connectivity index (χ4v) is 4.28. The summed E-state index contributed by atoms with van der Waals surface area (Å²) in [6.45, 7) is 3.82. The first-order chi connectivity index (χ1) is 9.39. The zero-order chi connectivity index (χ0) is 15.2. The van der Waals surface area contributed by atoms with E-state index in [9.17, 15) is 18.3 Å². The minimum absolute atomic E-state index is 0.157. The highest BCUT2D eigenvalue weighted by atomic mass is 32.2. The summed E-state index contributed by atoms with van der Waals surface area (Å²) in [5.74, 6) is 0.187. The molecule has 118 valence electrons. The first kappa shape index (κ1) is 17.5. The fourth-order valence-electron chi connectivity index (χ4n) is 3.39. The SMILES string of the molecule is CCCC1CCC(C(=O)O)C(CCCS(=O)(=O)CC)C1. The third-order valence-corrected chi connectivity index (χ3v) is 6.37. The molecule has 0 saturated heterocycles. The molecule has 3 unspecified atom stereocenters. The molecule has 0 spiro atoms. The van der Waals surface area contributed by atoms with E-state index in [-0.39, 0.29) is 23.3 Å². The fraction of sp³-hybridized carbons (Fsp3) is 0.933. The second-order valence-electron chi connectivity index (χ2n) is 6.05. The minimum atomic E-state index is -2.93. The lowest BCUT2D eigenvalue weighted by Crippen LogP contribution is -2.31. The van der Waals surface area contributed by atoms with E-state index in [1.54, 1.807) is 6.92 Å². The molecule has 0 bridgehead atoms. The minimum Gasteiger partial charge on any atom is -0.481 e. The van der Waals surface area contributed by atoms with Crippen molar-refractivity contribution in [2.75, 3.05) is 11.5 Å². The monoisotopic (exact) mass is 304 g/mol. The third-order valence-electron chi connectivity index (χ3n) is 4.58. The quantitative estimate of drug-likeness (QED) is 0.748. The molecule has 1 aliphatic rings. The molecule has 0 heterocycles. The molecule has 1 rings (SSSR count). The van der Waals surface area contributed by atoms with Crippen LogP contribution >= 0.6 is 0 Å². The van der Waals surface area contributed by atoms with Crippen LogP contribution in [0.25, 0.3) is 0 Å². The van der Waals surface area contributed by atoms with E-state index in [0.29, 0.717) is 12.3 Å². The third kappa shape index (κ3) is 5.43. The normalized spacial score (nSPS) is 27.4. The molecule has 1 fully saturated rings. The van der Waals surface area contributed by atoms with Crippen molar-refractivity contribution in [3.63, 3.8) is 0 Å². The Kier molecular flexibility index (Phi) is 7.00. The van der Waals surface area contributed by atoms with Crippen molar-refractivity contribution in [3.05, 3.63) is 0 Å². The van der Waals surface area contributed by atoms with E-state index in [1.165, 1.54) is 0 Å². The van der Waals surface area contributed by atoms with Gasteiger partial charge in [0, 0.05) is 5.75 Å². The summed E-state index contributed by atoms with van der Waals surface area (Å²) in [7, 11) is -2.93. The molecule has 0 aromatic rings. The zero-order valence-electron chi connectivity index (χ0n) is 12.7. The zero-order valence-corrected chi connectivity index (χ0v) is 13.5. The summed E-state index contributed by atoms with van der Waals surface area (Å²) in [5, 5.41) is 9.31. The average molecular weight is 304 g/mol. The molecule has 0 amide bonds. The van der Waals surface area contributed by atoms with Crippen LogP contribution in [0.5, 0.6) is 0 Å². The van der Waals surface area contributed by atoms with Crippen LogP contribution < -0.4 is 0 Å². The number of carbonyl (C=O) groups is 1. The lowest BCUT2D eigenvalue weighted by molar-refractivity contribution is -0.145. The number of sulfone groups is 1. The summed E-state index contributed by atoms with van der Waals surface area (Å²) in [6, 6.07) is 0. The molecule has 0 aromatic heterocycles. The highest BCUT2D eigenvalue weighted by molar-refractivity contribution is 7.91. The Labute approximate surface area is 122 Å². The number of hydrogen-bond acceptors (Lipinski definition) is 3. The van der Waals surface area contributed by atoms with Gasteiger partial charge in [-0.15, -0.1) is 0 Å². The maximum Gasteiger partial charge on any atom is 0.306 e. The largest absolute Gasteiger partial charge is 0.481 e. The molecule has 4 nitrogen and oxygen atoms in total. The Morgan fingerprint density at radius 1 is 1.20 bits per heavy atom. The van der Waals surface area contributed by atoms with Gasteiger partial charge in [0.25, 0.3) is 0 Å². The molecular formula is C15H28O4S. The van der Waals surface area contributed by atoms with Gasteiger partial charge in [0.05, 0.1) is 11.7 Å². The first-order valence-corrected chi connectivity index (χ1v) is 9.65. The predicted octanol–water partition coefficient (Wildman–Crippen LogP) is 3.12. The number of carboxylic acids is 1. The van der Waals surface area contributed by atoms with Gasteiger partial charge in [0.1, 0.15) is 9.84 Å². The Balaban J connectivity index is 2.54. The molecule has 20 heavy (non-hydrogen) atoms. The smallest absolute Gasteiger partial charge is 0.306 e. The van der Waals surface area contributed by atoms with Crippen molar-refractivity contribution in [1.29, 1.82) is 0 Å². The molecule has 3 atom stereocenters. The number of aliphatic carboxylic acids is 1. The number of rotatable bonds is 8. The molecule has 0 aliphatic heterocycles. The van der Waals surface area contributed by atoms with Crippen LogP contribution in [0.2, 0.25) is 0 Å². The molecule has 1 N–H and O–H groups in total. The van der Waals surface area contributed by atoms with Gasteiger partial charge in [0.2, 0.25) is 0 Å². The van der Waals surface area contributed by atoms with E-state index in [0.717, 1.165) is 38.5 Å². The molecule has 0 aromatic carbocycles. The van der Waals surface area contributed by atoms with Crippen molar-refractivity contribution in [2.45, 2.75) is 58.8 Å². The molecule has 1 saturated carbocycles. The second-order valence-corrected chi connectivity index (χ2v) is 8.52. The van der Waals surface area contributed by atoms with E-state index in [1.807, 2.05) is 0 Å². The summed E-state index contributed by atoms with van der Waals surface area (Å²) >= 11 is 0. The maximum atomic E-state index is 11.5. The van der Waals surface area contributed by atoms with Gasteiger partial charge < -0.3 is 5.11 Å². The Morgan fingerprint density at radius 3 is 2.45 bits per heavy atom. The van der Waals surface area contributed by atoms with E-state index >= 15 is 0 Å². The predicted molar refractivity (Wildman–Crippen MR) is 80.4 cm³/mol. The lowest BCUT2D eigenvalue weighted by Gasteiger charge is -2.34. The van der Waals surface area contributed by atoms with Crippen LogP contribution in [-0.4, -0.2) is 31.0 Å². The van der Waals surface area contributed by atoms with Gasteiger partial charge in [-0.1, -0.05) is 26.7 Å². The van der Waals surface area contributed by atoms with E-state index < -0.39 is 15.8 Å². The Hall–Kier alpha value is -0.580. The highest BCUT2D eigenvalue weighted by Gasteiger charge is 2.34. The molecule has 1 aliphatic carbocycles. The lowest BCUT2D eigenvalue weighted by atomic mass is 9.71. The summed E-state index contributed by atoms with van der Waals surface area (Å²) in [4.78, 5) is 11.3.